The normalized spacial score (nSPS) is 16.0. The summed E-state index contributed by atoms with van der Waals surface area (Å²) < 4.78 is 5.42. The summed E-state index contributed by atoms with van der Waals surface area (Å²) in [6.45, 7) is 3.36. The van der Waals surface area contributed by atoms with Crippen LogP contribution in [0, 0.1) is 5.92 Å². The molecular weight excluding hydrogens is 314 g/mol. The molecule has 0 aliphatic carbocycles. The highest BCUT2D eigenvalue weighted by Gasteiger charge is 2.15. The SMILES string of the molecule is CN=C(NCC1CCOCC1)N(C)Cc1ncc(-c2ccccc2)[nH]1. The lowest BCUT2D eigenvalue weighted by Crippen LogP contribution is -2.41. The van der Waals surface area contributed by atoms with Crippen molar-refractivity contribution in [2.45, 2.75) is 19.4 Å². The molecule has 2 aromatic rings. The van der Waals surface area contributed by atoms with Gasteiger partial charge in [-0.3, -0.25) is 4.99 Å². The van der Waals surface area contributed by atoms with Crippen LogP contribution in [0.2, 0.25) is 0 Å². The monoisotopic (exact) mass is 341 g/mol. The molecule has 134 valence electrons. The quantitative estimate of drug-likeness (QED) is 0.648. The van der Waals surface area contributed by atoms with Crippen LogP contribution < -0.4 is 5.32 Å². The summed E-state index contributed by atoms with van der Waals surface area (Å²) in [4.78, 5) is 14.4. The van der Waals surface area contributed by atoms with Gasteiger partial charge >= 0.3 is 0 Å². The lowest BCUT2D eigenvalue weighted by Gasteiger charge is -2.26. The Bertz CT molecular complexity index is 676. The number of rotatable bonds is 5. The third-order valence-electron chi connectivity index (χ3n) is 4.56. The minimum absolute atomic E-state index is 0.659. The molecule has 1 aromatic carbocycles. The predicted octanol–water partition coefficient (Wildman–Crippen LogP) is 2.51. The smallest absolute Gasteiger partial charge is 0.193 e. The van der Waals surface area contributed by atoms with Crippen molar-refractivity contribution in [2.75, 3.05) is 33.9 Å². The van der Waals surface area contributed by atoms with Crippen molar-refractivity contribution >= 4 is 5.96 Å². The molecule has 0 saturated carbocycles. The van der Waals surface area contributed by atoms with Gasteiger partial charge in [0.1, 0.15) is 5.82 Å². The van der Waals surface area contributed by atoms with E-state index in [9.17, 15) is 0 Å². The van der Waals surface area contributed by atoms with Gasteiger partial charge in [-0.05, 0) is 24.3 Å². The van der Waals surface area contributed by atoms with E-state index in [-0.39, 0.29) is 0 Å². The number of aliphatic imine (C=N–C) groups is 1. The van der Waals surface area contributed by atoms with Crippen LogP contribution in [0.4, 0.5) is 0 Å². The maximum atomic E-state index is 5.42. The zero-order chi connectivity index (χ0) is 17.5. The molecule has 3 rings (SSSR count). The number of aromatic nitrogens is 2. The highest BCUT2D eigenvalue weighted by Crippen LogP contribution is 2.17. The van der Waals surface area contributed by atoms with Crippen LogP contribution in [0.1, 0.15) is 18.7 Å². The summed E-state index contributed by atoms with van der Waals surface area (Å²) in [5, 5.41) is 3.48. The lowest BCUT2D eigenvalue weighted by atomic mass is 10.0. The molecule has 1 aliphatic heterocycles. The van der Waals surface area contributed by atoms with E-state index < -0.39 is 0 Å². The number of guanidine groups is 1. The van der Waals surface area contributed by atoms with E-state index in [1.807, 2.05) is 38.5 Å². The molecule has 2 heterocycles. The molecule has 6 nitrogen and oxygen atoms in total. The van der Waals surface area contributed by atoms with Crippen molar-refractivity contribution in [2.24, 2.45) is 10.9 Å². The first-order chi connectivity index (χ1) is 12.3. The summed E-state index contributed by atoms with van der Waals surface area (Å²) in [5.74, 6) is 2.48. The van der Waals surface area contributed by atoms with Crippen molar-refractivity contribution in [3.05, 3.63) is 42.4 Å². The van der Waals surface area contributed by atoms with Gasteiger partial charge < -0.3 is 19.9 Å². The summed E-state index contributed by atoms with van der Waals surface area (Å²) in [7, 11) is 3.85. The second-order valence-corrected chi connectivity index (χ2v) is 6.45. The number of benzene rings is 1. The van der Waals surface area contributed by atoms with Crippen LogP contribution in [0.3, 0.4) is 0 Å². The fourth-order valence-electron chi connectivity index (χ4n) is 3.08. The fourth-order valence-corrected chi connectivity index (χ4v) is 3.08. The van der Waals surface area contributed by atoms with E-state index in [1.54, 1.807) is 0 Å². The van der Waals surface area contributed by atoms with Gasteiger partial charge in [-0.15, -0.1) is 0 Å². The fraction of sp³-hybridized carbons (Fsp3) is 0.474. The number of imidazole rings is 1. The van der Waals surface area contributed by atoms with Gasteiger partial charge in [-0.1, -0.05) is 30.3 Å². The van der Waals surface area contributed by atoms with Crippen molar-refractivity contribution in [3.8, 4) is 11.3 Å². The van der Waals surface area contributed by atoms with Crippen LogP contribution in [0.25, 0.3) is 11.3 Å². The van der Waals surface area contributed by atoms with Crippen LogP contribution in [0.15, 0.2) is 41.5 Å². The Morgan fingerprint density at radius 1 is 1.32 bits per heavy atom. The molecule has 25 heavy (non-hydrogen) atoms. The zero-order valence-electron chi connectivity index (χ0n) is 15.0. The molecule has 2 N–H and O–H groups in total. The Labute approximate surface area is 149 Å². The summed E-state index contributed by atoms with van der Waals surface area (Å²) in [6, 6.07) is 10.2. The van der Waals surface area contributed by atoms with Crippen LogP contribution >= 0.6 is 0 Å². The van der Waals surface area contributed by atoms with Gasteiger partial charge in [-0.2, -0.15) is 0 Å². The molecule has 0 unspecified atom stereocenters. The second kappa shape index (κ2) is 8.67. The maximum absolute atomic E-state index is 5.42. The van der Waals surface area contributed by atoms with Crippen molar-refractivity contribution < 1.29 is 4.74 Å². The van der Waals surface area contributed by atoms with E-state index in [0.717, 1.165) is 55.6 Å². The lowest BCUT2D eigenvalue weighted by molar-refractivity contribution is 0.0674. The number of hydrogen-bond donors (Lipinski definition) is 2. The average molecular weight is 341 g/mol. The largest absolute Gasteiger partial charge is 0.381 e. The highest BCUT2D eigenvalue weighted by molar-refractivity contribution is 5.79. The van der Waals surface area contributed by atoms with E-state index in [4.69, 9.17) is 4.74 Å². The van der Waals surface area contributed by atoms with Gasteiger partial charge in [0, 0.05) is 33.9 Å². The highest BCUT2D eigenvalue weighted by atomic mass is 16.5. The number of ether oxygens (including phenoxy) is 1. The molecule has 0 amide bonds. The van der Waals surface area contributed by atoms with Gasteiger partial charge in [0.15, 0.2) is 5.96 Å². The van der Waals surface area contributed by atoms with Gasteiger partial charge in [0.25, 0.3) is 0 Å². The minimum Gasteiger partial charge on any atom is -0.381 e. The summed E-state index contributed by atoms with van der Waals surface area (Å²) in [5.41, 5.74) is 2.18. The van der Waals surface area contributed by atoms with E-state index in [0.29, 0.717) is 12.5 Å². The van der Waals surface area contributed by atoms with Crippen molar-refractivity contribution in [3.63, 3.8) is 0 Å². The Kier molecular flexibility index (Phi) is 6.06. The minimum atomic E-state index is 0.659. The number of nitrogens with one attached hydrogen (secondary N) is 2. The van der Waals surface area contributed by atoms with Gasteiger partial charge in [0.05, 0.1) is 18.4 Å². The molecule has 1 aliphatic rings. The number of H-pyrrole nitrogens is 1. The standard InChI is InChI=1S/C19H27N5O/c1-20-19(22-12-15-8-10-25-11-9-15)24(2)14-18-21-13-17(23-18)16-6-4-3-5-7-16/h3-7,13,15H,8-12,14H2,1-2H3,(H,20,22)(H,21,23). The van der Waals surface area contributed by atoms with Crippen molar-refractivity contribution in [1.82, 2.24) is 20.2 Å². The second-order valence-electron chi connectivity index (χ2n) is 6.45. The number of nitrogens with zero attached hydrogens (tertiary/aromatic N) is 3. The predicted molar refractivity (Wildman–Crippen MR) is 100 cm³/mol. The van der Waals surface area contributed by atoms with Crippen LogP contribution in [-0.2, 0) is 11.3 Å². The van der Waals surface area contributed by atoms with Gasteiger partial charge in [-0.25, -0.2) is 4.98 Å². The van der Waals surface area contributed by atoms with E-state index >= 15 is 0 Å². The Morgan fingerprint density at radius 2 is 2.08 bits per heavy atom. The molecule has 1 saturated heterocycles. The molecule has 0 bridgehead atoms. The molecule has 1 aromatic heterocycles. The Hall–Kier alpha value is -2.34. The first-order valence-corrected chi connectivity index (χ1v) is 8.85. The molecule has 0 atom stereocenters. The average Bonchev–Trinajstić information content (AvgIpc) is 3.12. The Balaban J connectivity index is 1.55. The van der Waals surface area contributed by atoms with Crippen LogP contribution in [-0.4, -0.2) is 54.7 Å². The van der Waals surface area contributed by atoms with E-state index in [2.05, 4.69) is 37.3 Å². The zero-order valence-corrected chi connectivity index (χ0v) is 15.0. The number of hydrogen-bond acceptors (Lipinski definition) is 3. The number of aromatic amines is 1. The third kappa shape index (κ3) is 4.82. The topological polar surface area (TPSA) is 65.5 Å². The molecule has 1 fully saturated rings. The summed E-state index contributed by atoms with van der Waals surface area (Å²) >= 11 is 0. The first kappa shape index (κ1) is 17.5. The first-order valence-electron chi connectivity index (χ1n) is 8.85. The third-order valence-corrected chi connectivity index (χ3v) is 4.56. The molecular formula is C19H27N5O. The molecule has 0 spiro atoms. The van der Waals surface area contributed by atoms with Crippen molar-refractivity contribution in [1.29, 1.82) is 0 Å². The van der Waals surface area contributed by atoms with E-state index in [1.165, 1.54) is 0 Å². The van der Waals surface area contributed by atoms with Gasteiger partial charge in [0.2, 0.25) is 0 Å². The Morgan fingerprint density at radius 3 is 2.80 bits per heavy atom. The molecule has 6 heteroatoms. The summed E-state index contributed by atoms with van der Waals surface area (Å²) in [6.07, 6.45) is 4.12. The maximum Gasteiger partial charge on any atom is 0.193 e. The molecule has 0 radical (unpaired) electrons. The van der Waals surface area contributed by atoms with Crippen LogP contribution in [0.5, 0.6) is 0 Å².